The molecule has 0 spiro atoms. The van der Waals surface area contributed by atoms with Gasteiger partial charge in [0.2, 0.25) is 0 Å². The fraction of sp³-hybridized carbons (Fsp3) is 0.259. The van der Waals surface area contributed by atoms with Crippen molar-refractivity contribution in [3.8, 4) is 28.5 Å². The molecule has 0 amide bonds. The Morgan fingerprint density at radius 2 is 1.97 bits per heavy atom. The van der Waals surface area contributed by atoms with Crippen molar-refractivity contribution in [2.24, 2.45) is 0 Å². The molecule has 1 N–H and O–H groups in total. The van der Waals surface area contributed by atoms with Crippen LogP contribution in [-0.4, -0.2) is 30.1 Å². The maximum atomic E-state index is 12.7. The number of rotatable bonds is 7. The molecule has 4 aromatic rings. The Morgan fingerprint density at radius 3 is 2.76 bits per heavy atom. The predicted molar refractivity (Wildman–Crippen MR) is 132 cm³/mol. The van der Waals surface area contributed by atoms with E-state index in [4.69, 9.17) is 19.2 Å². The average Bonchev–Trinajstić information content (AvgIpc) is 3.27. The van der Waals surface area contributed by atoms with Gasteiger partial charge >= 0.3 is 0 Å². The van der Waals surface area contributed by atoms with E-state index in [9.17, 15) is 9.90 Å². The number of ether oxygens (including phenoxy) is 3. The lowest BCUT2D eigenvalue weighted by Gasteiger charge is -2.19. The van der Waals surface area contributed by atoms with Gasteiger partial charge in [-0.15, -0.1) is 11.3 Å². The lowest BCUT2D eigenvalue weighted by Crippen LogP contribution is -2.09. The van der Waals surface area contributed by atoms with Gasteiger partial charge in [-0.3, -0.25) is 4.79 Å². The van der Waals surface area contributed by atoms with Gasteiger partial charge in [0.1, 0.15) is 18.1 Å². The highest BCUT2D eigenvalue weighted by Gasteiger charge is 2.26. The van der Waals surface area contributed by atoms with Gasteiger partial charge in [-0.1, -0.05) is 18.2 Å². The summed E-state index contributed by atoms with van der Waals surface area (Å²) in [5, 5.41) is 12.0. The number of carbonyl (C=O) groups is 1. The van der Waals surface area contributed by atoms with Gasteiger partial charge in [-0.25, -0.2) is 4.98 Å². The largest absolute Gasteiger partial charge is 0.493 e. The number of benzene rings is 2. The highest BCUT2D eigenvalue weighted by Crippen LogP contribution is 2.46. The summed E-state index contributed by atoms with van der Waals surface area (Å²) >= 11 is 1.73. The fourth-order valence-electron chi connectivity index (χ4n) is 4.33. The molecule has 2 aromatic heterocycles. The van der Waals surface area contributed by atoms with E-state index < -0.39 is 6.10 Å². The smallest absolute Gasteiger partial charge is 0.163 e. The minimum absolute atomic E-state index is 0.0807. The van der Waals surface area contributed by atoms with Gasteiger partial charge in [0.25, 0.3) is 0 Å². The molecule has 1 aliphatic heterocycles. The molecule has 1 aliphatic rings. The second-order valence-corrected chi connectivity index (χ2v) is 9.38. The number of fused-ring (bicyclic) bond motifs is 5. The Hall–Kier alpha value is -3.42. The van der Waals surface area contributed by atoms with E-state index in [0.717, 1.165) is 21.5 Å². The Bertz CT molecular complexity index is 1390. The molecular weight excluding hydrogens is 450 g/mol. The summed E-state index contributed by atoms with van der Waals surface area (Å²) in [4.78, 5) is 18.7. The fourth-order valence-corrected chi connectivity index (χ4v) is 5.51. The number of aliphatic hydroxyl groups is 1. The predicted octanol–water partition coefficient (Wildman–Crippen LogP) is 5.88. The third kappa shape index (κ3) is 3.91. The summed E-state index contributed by atoms with van der Waals surface area (Å²) in [6, 6.07) is 15.0. The van der Waals surface area contributed by atoms with Crippen molar-refractivity contribution < 1.29 is 24.1 Å². The van der Waals surface area contributed by atoms with Crippen LogP contribution in [0.2, 0.25) is 0 Å². The van der Waals surface area contributed by atoms with Gasteiger partial charge in [-0.05, 0) is 49.2 Å². The van der Waals surface area contributed by atoms with Crippen LogP contribution in [-0.2, 0) is 6.61 Å². The Balaban J connectivity index is 1.37. The van der Waals surface area contributed by atoms with Crippen LogP contribution in [0.15, 0.2) is 48.5 Å². The van der Waals surface area contributed by atoms with Crippen molar-refractivity contribution in [2.45, 2.75) is 32.5 Å². The van der Waals surface area contributed by atoms with Gasteiger partial charge in [0.05, 0.1) is 30.9 Å². The molecule has 0 saturated heterocycles. The number of aliphatic hydroxyl groups excluding tert-OH is 1. The molecule has 0 saturated carbocycles. The summed E-state index contributed by atoms with van der Waals surface area (Å²) in [5.41, 5.74) is 4.10. The first-order chi connectivity index (χ1) is 16.5. The summed E-state index contributed by atoms with van der Waals surface area (Å²) in [5.74, 6) is 1.70. The minimum Gasteiger partial charge on any atom is -0.493 e. The zero-order chi connectivity index (χ0) is 23.8. The lowest BCUT2D eigenvalue weighted by atomic mass is 10.00. The molecule has 3 heterocycles. The van der Waals surface area contributed by atoms with Crippen LogP contribution in [0, 0.1) is 6.92 Å². The summed E-state index contributed by atoms with van der Waals surface area (Å²) in [6.45, 7) is 2.62. The number of methoxy groups -OCH3 is 2. The number of aryl methyl sites for hydroxylation is 1. The van der Waals surface area contributed by atoms with Crippen molar-refractivity contribution in [3.05, 3.63) is 70.2 Å². The third-order valence-electron chi connectivity index (χ3n) is 6.15. The zero-order valence-corrected chi connectivity index (χ0v) is 20.1. The molecule has 2 aromatic carbocycles. The number of thiophene rings is 1. The van der Waals surface area contributed by atoms with E-state index in [1.807, 2.05) is 6.07 Å². The first-order valence-electron chi connectivity index (χ1n) is 11.1. The molecule has 0 radical (unpaired) electrons. The van der Waals surface area contributed by atoms with E-state index in [1.54, 1.807) is 42.7 Å². The number of carbonyl (C=O) groups excluding carboxylic acids is 1. The van der Waals surface area contributed by atoms with Crippen molar-refractivity contribution in [1.29, 1.82) is 0 Å². The molecule has 5 rings (SSSR count). The second-order valence-electron chi connectivity index (χ2n) is 8.27. The average molecular weight is 476 g/mol. The maximum absolute atomic E-state index is 12.7. The van der Waals surface area contributed by atoms with E-state index >= 15 is 0 Å². The molecule has 0 aliphatic carbocycles. The Morgan fingerprint density at radius 1 is 1.15 bits per heavy atom. The molecule has 174 valence electrons. The van der Waals surface area contributed by atoms with Crippen LogP contribution in [0.5, 0.6) is 17.2 Å². The lowest BCUT2D eigenvalue weighted by molar-refractivity contribution is 0.0937. The number of hydrogen-bond acceptors (Lipinski definition) is 7. The first-order valence-corrected chi connectivity index (χ1v) is 11.9. The molecule has 6 nitrogen and oxygen atoms in total. The molecule has 0 bridgehead atoms. The van der Waals surface area contributed by atoms with Crippen molar-refractivity contribution in [2.75, 3.05) is 14.2 Å². The molecule has 1 unspecified atom stereocenters. The third-order valence-corrected chi connectivity index (χ3v) is 7.47. The van der Waals surface area contributed by atoms with Crippen LogP contribution >= 0.6 is 11.3 Å². The normalized spacial score (nSPS) is 13.1. The standard InChI is InChI=1S/C27H25NO5S/c1-15-5-4-6-17-25-24(34-27(15)17)14-33-22-12-8-18(28-26(22)25)20(30)10-9-19(29)16-7-11-21(31-2)23(13-16)32-3/h4-8,11-13,20,30H,9-10,14H2,1-3H3. The topological polar surface area (TPSA) is 77.9 Å². The number of nitrogens with zero attached hydrogens (tertiary/aromatic N) is 1. The van der Waals surface area contributed by atoms with Crippen LogP contribution in [0.3, 0.4) is 0 Å². The van der Waals surface area contributed by atoms with Crippen molar-refractivity contribution in [3.63, 3.8) is 0 Å². The maximum Gasteiger partial charge on any atom is 0.163 e. The van der Waals surface area contributed by atoms with Crippen molar-refractivity contribution in [1.82, 2.24) is 4.98 Å². The Labute approximate surface area is 201 Å². The van der Waals surface area contributed by atoms with E-state index in [0.29, 0.717) is 35.1 Å². The second kappa shape index (κ2) is 9.08. The number of hydrogen-bond donors (Lipinski definition) is 1. The minimum atomic E-state index is -0.869. The zero-order valence-electron chi connectivity index (χ0n) is 19.3. The molecule has 0 fully saturated rings. The van der Waals surface area contributed by atoms with Crippen LogP contribution in [0.25, 0.3) is 21.3 Å². The summed E-state index contributed by atoms with van der Waals surface area (Å²) in [7, 11) is 3.08. The van der Waals surface area contributed by atoms with Crippen LogP contribution < -0.4 is 14.2 Å². The summed E-state index contributed by atoms with van der Waals surface area (Å²) in [6.07, 6.45) is -0.431. The van der Waals surface area contributed by atoms with Crippen molar-refractivity contribution >= 4 is 27.2 Å². The van der Waals surface area contributed by atoms with E-state index in [-0.39, 0.29) is 18.6 Å². The highest BCUT2D eigenvalue weighted by molar-refractivity contribution is 7.20. The Kier molecular flexibility index (Phi) is 5.98. The van der Waals surface area contributed by atoms with Gasteiger partial charge in [0, 0.05) is 27.6 Å². The monoisotopic (exact) mass is 475 g/mol. The van der Waals surface area contributed by atoms with Gasteiger partial charge < -0.3 is 19.3 Å². The van der Waals surface area contributed by atoms with Gasteiger partial charge in [0.15, 0.2) is 17.3 Å². The molecule has 1 atom stereocenters. The first kappa shape index (κ1) is 22.4. The highest BCUT2D eigenvalue weighted by atomic mass is 32.1. The number of Topliss-reactive ketones (excluding diaryl/α,β-unsaturated/α-hetero) is 1. The number of ketones is 1. The molecule has 34 heavy (non-hydrogen) atoms. The SMILES string of the molecule is COc1ccc(C(=O)CCC(O)c2ccc3c(n2)-c2c(sc4c(C)cccc24)CO3)cc1OC. The summed E-state index contributed by atoms with van der Waals surface area (Å²) < 4.78 is 17.7. The van der Waals surface area contributed by atoms with Crippen LogP contribution in [0.4, 0.5) is 0 Å². The van der Waals surface area contributed by atoms with Crippen LogP contribution in [0.1, 0.15) is 45.4 Å². The number of aromatic nitrogens is 1. The quantitative estimate of drug-likeness (QED) is 0.337. The molecular formula is C27H25NO5S. The van der Waals surface area contributed by atoms with E-state index in [2.05, 4.69) is 25.1 Å². The van der Waals surface area contributed by atoms with Gasteiger partial charge in [-0.2, -0.15) is 0 Å². The molecule has 7 heteroatoms. The number of pyridine rings is 1. The van der Waals surface area contributed by atoms with E-state index in [1.165, 1.54) is 17.4 Å².